The second kappa shape index (κ2) is 4.17. The van der Waals surface area contributed by atoms with Crippen LogP contribution in [0, 0.1) is 23.7 Å². The number of hydrogen-bond donors (Lipinski definition) is 0. The van der Waals surface area contributed by atoms with Crippen molar-refractivity contribution in [3.8, 4) is 0 Å². The summed E-state index contributed by atoms with van der Waals surface area (Å²) in [5.74, 6) is 3.57. The molecule has 4 atom stereocenters. The van der Waals surface area contributed by atoms with E-state index in [-0.39, 0.29) is 0 Å². The summed E-state index contributed by atoms with van der Waals surface area (Å²) >= 11 is 0. The lowest BCUT2D eigenvalue weighted by atomic mass is 9.64. The van der Waals surface area contributed by atoms with E-state index in [0.717, 1.165) is 30.1 Å². The van der Waals surface area contributed by atoms with Crippen molar-refractivity contribution in [3.05, 3.63) is 82.9 Å². The molecular weight excluding hydrogens is 276 g/mol. The highest BCUT2D eigenvalue weighted by Crippen LogP contribution is 2.64. The fraction of sp³-hybridized carbons (Fsp3) is 0.391. The minimum atomic E-state index is 0.295. The molecule has 2 fully saturated rings. The summed E-state index contributed by atoms with van der Waals surface area (Å²) in [6.45, 7) is 0. The molecule has 4 unspecified atom stereocenters. The summed E-state index contributed by atoms with van der Waals surface area (Å²) in [5, 5.41) is 0. The number of fused-ring (bicyclic) bond motifs is 9. The molecule has 1 spiro atoms. The fourth-order valence-electron chi connectivity index (χ4n) is 6.59. The van der Waals surface area contributed by atoms with Gasteiger partial charge >= 0.3 is 0 Å². The Balaban J connectivity index is 1.57. The lowest BCUT2D eigenvalue weighted by Crippen LogP contribution is -2.32. The maximum Gasteiger partial charge on any atom is 0.0214 e. The molecule has 0 N–H and O–H groups in total. The maximum atomic E-state index is 2.53. The lowest BCUT2D eigenvalue weighted by Gasteiger charge is -2.39. The molecule has 0 radical (unpaired) electrons. The minimum Gasteiger partial charge on any atom is -0.0848 e. The van der Waals surface area contributed by atoms with Crippen molar-refractivity contribution in [2.75, 3.05) is 0 Å². The van der Waals surface area contributed by atoms with Crippen LogP contribution in [-0.4, -0.2) is 0 Å². The predicted molar refractivity (Wildman–Crippen MR) is 93.4 cm³/mol. The van der Waals surface area contributed by atoms with E-state index in [1.807, 2.05) is 0 Å². The first-order valence-electron chi connectivity index (χ1n) is 9.20. The summed E-state index contributed by atoms with van der Waals surface area (Å²) < 4.78 is 0. The van der Waals surface area contributed by atoms with Gasteiger partial charge in [-0.2, -0.15) is 0 Å². The summed E-state index contributed by atoms with van der Waals surface area (Å²) in [5.41, 5.74) is 6.74. The normalized spacial score (nSPS) is 34.4. The van der Waals surface area contributed by atoms with Gasteiger partial charge in [0.2, 0.25) is 0 Å². The van der Waals surface area contributed by atoms with Crippen molar-refractivity contribution in [1.29, 1.82) is 0 Å². The Morgan fingerprint density at radius 3 is 1.78 bits per heavy atom. The number of rotatable bonds is 0. The smallest absolute Gasteiger partial charge is 0.0214 e. The van der Waals surface area contributed by atoms with Gasteiger partial charge in [-0.15, -0.1) is 0 Å². The molecule has 0 heteroatoms. The molecular formula is C23H22. The van der Waals surface area contributed by atoms with Crippen molar-refractivity contribution in [2.45, 2.75) is 31.1 Å². The van der Waals surface area contributed by atoms with Gasteiger partial charge in [0.15, 0.2) is 0 Å². The molecule has 23 heavy (non-hydrogen) atoms. The zero-order chi connectivity index (χ0) is 15.0. The number of hydrogen-bond acceptors (Lipinski definition) is 0. The molecule has 114 valence electrons. The second-order valence-corrected chi connectivity index (χ2v) is 8.26. The Kier molecular flexibility index (Phi) is 2.28. The van der Waals surface area contributed by atoms with Gasteiger partial charge < -0.3 is 0 Å². The third-order valence-corrected chi connectivity index (χ3v) is 7.41. The van der Waals surface area contributed by atoms with Crippen LogP contribution >= 0.6 is 0 Å². The zero-order valence-corrected chi connectivity index (χ0v) is 13.4. The molecule has 2 bridgehead atoms. The first kappa shape index (κ1) is 12.6. The largest absolute Gasteiger partial charge is 0.0848 e. The Morgan fingerprint density at radius 1 is 0.696 bits per heavy atom. The highest BCUT2D eigenvalue weighted by atomic mass is 14.6. The highest BCUT2D eigenvalue weighted by molar-refractivity contribution is 5.55. The first-order valence-corrected chi connectivity index (χ1v) is 9.20. The molecule has 0 amide bonds. The van der Waals surface area contributed by atoms with Crippen molar-refractivity contribution < 1.29 is 0 Å². The van der Waals surface area contributed by atoms with Crippen LogP contribution < -0.4 is 0 Å². The van der Waals surface area contributed by atoms with Crippen LogP contribution in [0.25, 0.3) is 0 Å². The van der Waals surface area contributed by atoms with Crippen LogP contribution in [0.1, 0.15) is 41.5 Å². The molecule has 0 nitrogen and oxygen atoms in total. The minimum absolute atomic E-state index is 0.295. The molecule has 4 aliphatic rings. The van der Waals surface area contributed by atoms with Gasteiger partial charge in [-0.3, -0.25) is 0 Å². The molecule has 6 rings (SSSR count). The van der Waals surface area contributed by atoms with Gasteiger partial charge in [0.05, 0.1) is 0 Å². The zero-order valence-electron chi connectivity index (χ0n) is 13.4. The quantitative estimate of drug-likeness (QED) is 0.593. The topological polar surface area (TPSA) is 0 Å². The number of benzene rings is 2. The van der Waals surface area contributed by atoms with Crippen molar-refractivity contribution >= 4 is 0 Å². The van der Waals surface area contributed by atoms with E-state index >= 15 is 0 Å². The average Bonchev–Trinajstić information content (AvgIpc) is 3.27. The molecule has 2 aromatic rings. The molecule has 2 aromatic carbocycles. The standard InChI is InChI=1S/C23H22/c1-3-7-21-17(5-1)12-18-6-2-4-8-22(18)23(21)13-19-15-9-10-16(11-15)20(19)14-23/h1-10,15-16,19-20H,11-14H2. The third-order valence-electron chi connectivity index (χ3n) is 7.41. The van der Waals surface area contributed by atoms with Gasteiger partial charge in [0.1, 0.15) is 0 Å². The van der Waals surface area contributed by atoms with Crippen molar-refractivity contribution in [2.24, 2.45) is 23.7 Å². The van der Waals surface area contributed by atoms with Gasteiger partial charge in [-0.1, -0.05) is 60.7 Å². The average molecular weight is 298 g/mol. The summed E-state index contributed by atoms with van der Waals surface area (Å²) in [6.07, 6.45) is 10.4. The van der Waals surface area contributed by atoms with E-state index in [2.05, 4.69) is 60.7 Å². The van der Waals surface area contributed by atoms with E-state index in [1.54, 1.807) is 22.3 Å². The summed E-state index contributed by atoms with van der Waals surface area (Å²) in [7, 11) is 0. The SMILES string of the molecule is C1=CC2CC1C1CC3(CC21)c1ccccc1Cc1ccccc13. The molecule has 0 saturated heterocycles. The number of allylic oxidation sites excluding steroid dienone is 2. The fourth-order valence-corrected chi connectivity index (χ4v) is 6.59. The van der Waals surface area contributed by atoms with E-state index in [9.17, 15) is 0 Å². The van der Waals surface area contributed by atoms with Crippen molar-refractivity contribution in [3.63, 3.8) is 0 Å². The van der Waals surface area contributed by atoms with E-state index in [1.165, 1.54) is 19.3 Å². The third kappa shape index (κ3) is 1.48. The molecule has 4 aliphatic carbocycles. The predicted octanol–water partition coefficient (Wildman–Crippen LogP) is 5.11. The summed E-state index contributed by atoms with van der Waals surface area (Å²) in [6, 6.07) is 18.6. The van der Waals surface area contributed by atoms with Crippen LogP contribution in [0.15, 0.2) is 60.7 Å². The first-order chi connectivity index (χ1) is 11.4. The van der Waals surface area contributed by atoms with Crippen LogP contribution in [0.3, 0.4) is 0 Å². The van der Waals surface area contributed by atoms with Gasteiger partial charge in [0.25, 0.3) is 0 Å². The molecule has 0 heterocycles. The Bertz CT molecular complexity index is 760. The Labute approximate surface area is 138 Å². The lowest BCUT2D eigenvalue weighted by molar-refractivity contribution is 0.364. The highest BCUT2D eigenvalue weighted by Gasteiger charge is 2.57. The van der Waals surface area contributed by atoms with Crippen LogP contribution in [0.2, 0.25) is 0 Å². The maximum absolute atomic E-state index is 2.53. The Morgan fingerprint density at radius 2 is 1.22 bits per heavy atom. The van der Waals surface area contributed by atoms with Crippen LogP contribution in [0.4, 0.5) is 0 Å². The van der Waals surface area contributed by atoms with Crippen LogP contribution in [0.5, 0.6) is 0 Å². The van der Waals surface area contributed by atoms with Crippen molar-refractivity contribution in [1.82, 2.24) is 0 Å². The molecule has 0 aromatic heterocycles. The van der Waals surface area contributed by atoms with E-state index < -0.39 is 0 Å². The Hall–Kier alpha value is -1.82. The van der Waals surface area contributed by atoms with Gasteiger partial charge in [-0.05, 0) is 71.6 Å². The second-order valence-electron chi connectivity index (χ2n) is 8.26. The molecule has 2 saturated carbocycles. The van der Waals surface area contributed by atoms with E-state index in [4.69, 9.17) is 0 Å². The molecule has 0 aliphatic heterocycles. The van der Waals surface area contributed by atoms with Crippen LogP contribution in [-0.2, 0) is 11.8 Å². The van der Waals surface area contributed by atoms with Gasteiger partial charge in [-0.25, -0.2) is 0 Å². The van der Waals surface area contributed by atoms with Gasteiger partial charge in [0, 0.05) is 5.41 Å². The summed E-state index contributed by atoms with van der Waals surface area (Å²) in [4.78, 5) is 0. The monoisotopic (exact) mass is 298 g/mol. The van der Waals surface area contributed by atoms with E-state index in [0.29, 0.717) is 5.41 Å².